The molecule has 0 amide bonds. The van der Waals surface area contributed by atoms with Crippen molar-refractivity contribution in [1.82, 2.24) is 0 Å². The largest absolute Gasteiger partial charge is 0.134 e. The molecule has 2 unspecified atom stereocenters. The molecule has 0 aliphatic rings. The Kier molecular flexibility index (Phi) is 10.7. The van der Waals surface area contributed by atoms with E-state index in [4.69, 9.17) is 0 Å². The van der Waals surface area contributed by atoms with Crippen molar-refractivity contribution in [3.8, 4) is 0 Å². The molecule has 0 saturated heterocycles. The van der Waals surface area contributed by atoms with E-state index in [-0.39, 0.29) is 0 Å². The van der Waals surface area contributed by atoms with E-state index in [0.29, 0.717) is 0 Å². The molecule has 4 heterocycles. The zero-order valence-corrected chi connectivity index (χ0v) is 34.2. The molecule has 0 N–H and O–H groups in total. The second-order valence-electron chi connectivity index (χ2n) is 14.1. The zero-order chi connectivity index (χ0) is 34.2. The molecule has 8 rings (SSSR count). The van der Waals surface area contributed by atoms with E-state index < -0.39 is 0 Å². The molecule has 6 heteroatoms. The summed E-state index contributed by atoms with van der Waals surface area (Å²) in [5, 5.41) is 8.13. The van der Waals surface area contributed by atoms with Crippen LogP contribution in [0.15, 0.2) is 103 Å². The molecule has 50 heavy (non-hydrogen) atoms. The average molecular weight is 765 g/mol. The summed E-state index contributed by atoms with van der Waals surface area (Å²) in [7, 11) is 0. The molecule has 0 aliphatic carbocycles. The fourth-order valence-corrected chi connectivity index (χ4v) is 14.3. The Bertz CT molecular complexity index is 2250. The second-order valence-corrected chi connectivity index (χ2v) is 21.3. The lowest BCUT2D eigenvalue weighted by molar-refractivity contribution is 0.488. The fraction of sp³-hybridized carbons (Fsp3) is 0.318. The van der Waals surface area contributed by atoms with Crippen LogP contribution in [0.25, 0.3) is 51.1 Å². The monoisotopic (exact) mass is 764 g/mol. The fourth-order valence-electron chi connectivity index (χ4n) is 7.21. The molecular formula is C44H44S6. The lowest BCUT2D eigenvalue weighted by Gasteiger charge is -2.08. The van der Waals surface area contributed by atoms with Crippen molar-refractivity contribution in [3.63, 3.8) is 0 Å². The lowest BCUT2D eigenvalue weighted by atomic mass is 10.00. The highest BCUT2D eigenvalue weighted by Crippen LogP contribution is 2.47. The summed E-state index contributed by atoms with van der Waals surface area (Å²) in [6.07, 6.45) is 10.2. The number of aryl methyl sites for hydroxylation is 2. The first kappa shape index (κ1) is 34.7. The van der Waals surface area contributed by atoms with E-state index >= 15 is 0 Å². The van der Waals surface area contributed by atoms with E-state index in [0.717, 1.165) is 11.8 Å². The van der Waals surface area contributed by atoms with E-state index in [1.165, 1.54) is 130 Å². The number of hydrogen-bond donors (Lipinski definition) is 0. The van der Waals surface area contributed by atoms with Crippen molar-refractivity contribution >= 4 is 120 Å². The van der Waals surface area contributed by atoms with Gasteiger partial charge < -0.3 is 0 Å². The molecule has 0 spiro atoms. The number of rotatable bonds is 14. The van der Waals surface area contributed by atoms with Gasteiger partial charge in [-0.1, -0.05) is 89.0 Å². The average Bonchev–Trinajstić information content (AvgIpc) is 3.90. The SMILES string of the molecule is CCCC(C)CCc1ccc(Sc2ccc3cc4c(cc3c2)sc2c3cc5ccc(Sc6ccc(CCC(C)CCC)s6)cc5cc3sc42)s1. The van der Waals surface area contributed by atoms with Gasteiger partial charge in [0.1, 0.15) is 0 Å². The van der Waals surface area contributed by atoms with Crippen LogP contribution >= 0.6 is 68.9 Å². The first-order valence-electron chi connectivity index (χ1n) is 18.2. The summed E-state index contributed by atoms with van der Waals surface area (Å²) < 4.78 is 8.45. The molecule has 0 bridgehead atoms. The van der Waals surface area contributed by atoms with E-state index in [9.17, 15) is 0 Å². The highest BCUT2D eigenvalue weighted by atomic mass is 32.2. The minimum atomic E-state index is 0.817. The van der Waals surface area contributed by atoms with Gasteiger partial charge in [-0.15, -0.1) is 45.3 Å². The molecule has 0 aliphatic heterocycles. The van der Waals surface area contributed by atoms with Gasteiger partial charge in [-0.3, -0.25) is 0 Å². The van der Waals surface area contributed by atoms with Crippen molar-refractivity contribution < 1.29 is 0 Å². The maximum Gasteiger partial charge on any atom is 0.0649 e. The summed E-state index contributed by atoms with van der Waals surface area (Å²) in [6, 6.07) is 33.1. The molecule has 0 fully saturated rings. The van der Waals surface area contributed by atoms with Gasteiger partial charge in [-0.25, -0.2) is 0 Å². The van der Waals surface area contributed by atoms with Crippen molar-refractivity contribution in [2.75, 3.05) is 0 Å². The first-order chi connectivity index (χ1) is 24.4. The highest BCUT2D eigenvalue weighted by Gasteiger charge is 2.15. The number of thiophene rings is 4. The summed E-state index contributed by atoms with van der Waals surface area (Å²) in [5.74, 6) is 1.63. The van der Waals surface area contributed by atoms with Crippen LogP contribution in [0.4, 0.5) is 0 Å². The quantitative estimate of drug-likeness (QED) is 0.108. The van der Waals surface area contributed by atoms with Crippen LogP contribution in [-0.2, 0) is 12.8 Å². The predicted molar refractivity (Wildman–Crippen MR) is 231 cm³/mol. The standard InChI is InChI=1S/C44H44S6/c1-5-7-27(3)9-13-33-17-19-41(45-33)47-35-15-11-29-23-37-39(25-31(29)21-35)49-44-38-24-30-12-16-36(22-32(30)26-40(38)50-43(37)44)48-42-20-18-34(46-42)14-10-28(4)8-6-2/h11-12,15-28H,5-10,13-14H2,1-4H3. The topological polar surface area (TPSA) is 0 Å². The van der Waals surface area contributed by atoms with E-state index in [1.54, 1.807) is 0 Å². The Balaban J connectivity index is 1.01. The molecule has 0 nitrogen and oxygen atoms in total. The van der Waals surface area contributed by atoms with Crippen LogP contribution in [0.1, 0.15) is 76.0 Å². The van der Waals surface area contributed by atoms with Crippen molar-refractivity contribution in [2.24, 2.45) is 11.8 Å². The molecule has 0 saturated carbocycles. The highest BCUT2D eigenvalue weighted by molar-refractivity contribution is 8.01. The van der Waals surface area contributed by atoms with Gasteiger partial charge in [0.25, 0.3) is 0 Å². The number of benzene rings is 4. The van der Waals surface area contributed by atoms with Gasteiger partial charge in [-0.2, -0.15) is 0 Å². The Morgan fingerprint density at radius 3 is 1.38 bits per heavy atom. The molecule has 4 aromatic carbocycles. The minimum absolute atomic E-state index is 0.817. The van der Waals surface area contributed by atoms with Crippen molar-refractivity contribution in [2.45, 2.75) is 97.3 Å². The Hall–Kier alpha value is -2.32. The smallest absolute Gasteiger partial charge is 0.0649 e. The number of hydrogen-bond acceptors (Lipinski definition) is 6. The Labute approximate surface area is 321 Å². The summed E-state index contributed by atoms with van der Waals surface area (Å²) in [6.45, 7) is 9.38. The van der Waals surface area contributed by atoms with Gasteiger partial charge >= 0.3 is 0 Å². The van der Waals surface area contributed by atoms with Gasteiger partial charge in [-0.05, 0) is 132 Å². The van der Waals surface area contributed by atoms with Crippen LogP contribution in [0.3, 0.4) is 0 Å². The van der Waals surface area contributed by atoms with Crippen LogP contribution in [0, 0.1) is 11.8 Å². The molecule has 8 aromatic rings. The lowest BCUT2D eigenvalue weighted by Crippen LogP contribution is -1.95. The number of fused-ring (bicyclic) bond motifs is 7. The maximum atomic E-state index is 2.43. The zero-order valence-electron chi connectivity index (χ0n) is 29.3. The van der Waals surface area contributed by atoms with Gasteiger partial charge in [0.15, 0.2) is 0 Å². The predicted octanol–water partition coefficient (Wildman–Crippen LogP) is 16.7. The third kappa shape index (κ3) is 7.58. The summed E-state index contributed by atoms with van der Waals surface area (Å²) in [5.41, 5.74) is 0. The molecule has 256 valence electrons. The first-order valence-corrected chi connectivity index (χ1v) is 23.1. The second kappa shape index (κ2) is 15.3. The van der Waals surface area contributed by atoms with Crippen molar-refractivity contribution in [1.29, 1.82) is 0 Å². The third-order valence-corrected chi connectivity index (χ3v) is 17.0. The summed E-state index contributed by atoms with van der Waals surface area (Å²) >= 11 is 11.7. The Morgan fingerprint density at radius 2 is 0.940 bits per heavy atom. The van der Waals surface area contributed by atoms with E-state index in [1.807, 2.05) is 68.9 Å². The van der Waals surface area contributed by atoms with Crippen LogP contribution in [0.2, 0.25) is 0 Å². The summed E-state index contributed by atoms with van der Waals surface area (Å²) in [4.78, 5) is 5.69. The van der Waals surface area contributed by atoms with E-state index in [2.05, 4.69) is 113 Å². The van der Waals surface area contributed by atoms with Crippen LogP contribution in [0.5, 0.6) is 0 Å². The van der Waals surface area contributed by atoms with Crippen LogP contribution in [-0.4, -0.2) is 0 Å². The molecule has 4 aromatic heterocycles. The van der Waals surface area contributed by atoms with Crippen molar-refractivity contribution in [3.05, 3.63) is 94.7 Å². The van der Waals surface area contributed by atoms with Gasteiger partial charge in [0.05, 0.1) is 17.8 Å². The normalized spacial score (nSPS) is 13.4. The molecular weight excluding hydrogens is 721 g/mol. The van der Waals surface area contributed by atoms with Crippen LogP contribution < -0.4 is 0 Å². The maximum absolute atomic E-state index is 2.43. The third-order valence-electron chi connectivity index (χ3n) is 9.98. The Morgan fingerprint density at radius 1 is 0.480 bits per heavy atom. The van der Waals surface area contributed by atoms with Gasteiger partial charge in [0, 0.05) is 39.7 Å². The molecule has 2 atom stereocenters. The minimum Gasteiger partial charge on any atom is -0.134 e. The van der Waals surface area contributed by atoms with Gasteiger partial charge in [0.2, 0.25) is 0 Å². The molecule has 0 radical (unpaired) electrons.